The number of thiocarbonyl (C=S) groups is 1. The lowest BCUT2D eigenvalue weighted by molar-refractivity contribution is 0.100. The maximum atomic E-state index is 12.7. The molecule has 10 heteroatoms. The van der Waals surface area contributed by atoms with E-state index < -0.39 is 5.91 Å². The van der Waals surface area contributed by atoms with Crippen molar-refractivity contribution in [2.75, 3.05) is 12.0 Å². The van der Waals surface area contributed by atoms with Crippen molar-refractivity contribution < 1.29 is 9.53 Å². The molecule has 2 aromatic rings. The van der Waals surface area contributed by atoms with E-state index >= 15 is 0 Å². The highest BCUT2D eigenvalue weighted by Crippen LogP contribution is 2.21. The fourth-order valence-corrected chi connectivity index (χ4v) is 2.36. The van der Waals surface area contributed by atoms with E-state index in [0.717, 1.165) is 4.90 Å². The van der Waals surface area contributed by atoms with Crippen molar-refractivity contribution in [1.29, 1.82) is 0 Å². The highest BCUT2D eigenvalue weighted by Gasteiger charge is 2.25. The molecule has 0 saturated carbocycles. The number of ether oxygens (including phenoxy) is 1. The SMILES string of the molecule is COCc1nc(N(C(=O)c2cccnc2Cl)C(N)=S)ncc1Br. The van der Waals surface area contributed by atoms with Gasteiger partial charge < -0.3 is 10.5 Å². The smallest absolute Gasteiger partial charge is 0.270 e. The van der Waals surface area contributed by atoms with E-state index in [-0.39, 0.29) is 28.4 Å². The second-order valence-corrected chi connectivity index (χ2v) is 5.85. The molecule has 2 N–H and O–H groups in total. The van der Waals surface area contributed by atoms with Gasteiger partial charge in [-0.05, 0) is 40.3 Å². The Kier molecular flexibility index (Phi) is 5.94. The fraction of sp³-hybridized carbons (Fsp3) is 0.154. The summed E-state index contributed by atoms with van der Waals surface area (Å²) in [7, 11) is 1.53. The first-order chi connectivity index (χ1) is 11.0. The second-order valence-electron chi connectivity index (χ2n) is 4.22. The third kappa shape index (κ3) is 3.99. The fourth-order valence-electron chi connectivity index (χ4n) is 1.69. The van der Waals surface area contributed by atoms with E-state index in [1.54, 1.807) is 6.07 Å². The Hall–Kier alpha value is -1.68. The first-order valence-electron chi connectivity index (χ1n) is 6.20. The Labute approximate surface area is 151 Å². The molecule has 2 heterocycles. The molecule has 120 valence electrons. The summed E-state index contributed by atoms with van der Waals surface area (Å²) in [5.74, 6) is -0.543. The summed E-state index contributed by atoms with van der Waals surface area (Å²) in [6, 6.07) is 3.09. The van der Waals surface area contributed by atoms with Crippen LogP contribution >= 0.6 is 39.7 Å². The maximum Gasteiger partial charge on any atom is 0.270 e. The molecule has 23 heavy (non-hydrogen) atoms. The number of nitrogens with two attached hydrogens (primary N) is 1. The number of nitrogens with zero attached hydrogens (tertiary/aromatic N) is 4. The lowest BCUT2D eigenvalue weighted by atomic mass is 10.2. The standard InChI is InChI=1S/C13H11BrClN5O2S/c1-22-6-9-8(14)5-18-13(19-9)20(12(16)23)11(21)7-3-2-4-17-10(7)15/h2-5H,6H2,1H3,(H2,16,23). The molecule has 2 aromatic heterocycles. The Morgan fingerprint density at radius 2 is 2.26 bits per heavy atom. The zero-order valence-electron chi connectivity index (χ0n) is 11.9. The van der Waals surface area contributed by atoms with E-state index in [1.807, 2.05) is 0 Å². The van der Waals surface area contributed by atoms with Crippen molar-refractivity contribution in [1.82, 2.24) is 15.0 Å². The van der Waals surface area contributed by atoms with Gasteiger partial charge in [-0.25, -0.2) is 19.9 Å². The summed E-state index contributed by atoms with van der Waals surface area (Å²) in [5, 5.41) is -0.173. The molecule has 2 rings (SSSR count). The third-order valence-corrected chi connectivity index (χ3v) is 3.84. The van der Waals surface area contributed by atoms with Crippen LogP contribution in [0.4, 0.5) is 5.95 Å². The van der Waals surface area contributed by atoms with Gasteiger partial charge in [-0.1, -0.05) is 11.6 Å². The van der Waals surface area contributed by atoms with Gasteiger partial charge in [0.2, 0.25) is 5.95 Å². The maximum absolute atomic E-state index is 12.7. The predicted molar refractivity (Wildman–Crippen MR) is 93.3 cm³/mol. The normalized spacial score (nSPS) is 10.4. The Morgan fingerprint density at radius 3 is 2.87 bits per heavy atom. The largest absolute Gasteiger partial charge is 0.378 e. The van der Waals surface area contributed by atoms with Crippen molar-refractivity contribution >= 4 is 56.7 Å². The molecule has 0 atom stereocenters. The van der Waals surface area contributed by atoms with Gasteiger partial charge in [0.15, 0.2) is 5.11 Å². The topological polar surface area (TPSA) is 94.2 Å². The van der Waals surface area contributed by atoms with Crippen molar-refractivity contribution in [2.45, 2.75) is 6.61 Å². The zero-order valence-corrected chi connectivity index (χ0v) is 15.0. The molecule has 7 nitrogen and oxygen atoms in total. The molecule has 0 aromatic carbocycles. The average molecular weight is 417 g/mol. The Balaban J connectivity index is 2.47. The number of hydrogen-bond donors (Lipinski definition) is 1. The van der Waals surface area contributed by atoms with E-state index in [4.69, 9.17) is 34.3 Å². The molecular weight excluding hydrogens is 406 g/mol. The number of rotatable bonds is 4. The van der Waals surface area contributed by atoms with Crippen LogP contribution < -0.4 is 10.6 Å². The van der Waals surface area contributed by atoms with Crippen LogP contribution in [0, 0.1) is 0 Å². The van der Waals surface area contributed by atoms with E-state index in [9.17, 15) is 4.79 Å². The van der Waals surface area contributed by atoms with Gasteiger partial charge in [0.1, 0.15) is 5.15 Å². The molecule has 0 bridgehead atoms. The van der Waals surface area contributed by atoms with E-state index in [0.29, 0.717) is 10.2 Å². The lowest BCUT2D eigenvalue weighted by Crippen LogP contribution is -2.42. The van der Waals surface area contributed by atoms with Gasteiger partial charge in [-0.2, -0.15) is 0 Å². The molecule has 0 aliphatic carbocycles. The van der Waals surface area contributed by atoms with Crippen LogP contribution in [0.15, 0.2) is 29.0 Å². The first kappa shape index (κ1) is 17.7. The van der Waals surface area contributed by atoms with Crippen LogP contribution in [-0.2, 0) is 11.3 Å². The molecule has 0 radical (unpaired) electrons. The minimum Gasteiger partial charge on any atom is -0.378 e. The molecule has 0 unspecified atom stereocenters. The lowest BCUT2D eigenvalue weighted by Gasteiger charge is -2.19. The number of pyridine rings is 1. The summed E-state index contributed by atoms with van der Waals surface area (Å²) in [5.41, 5.74) is 6.35. The van der Waals surface area contributed by atoms with Crippen LogP contribution in [0.3, 0.4) is 0 Å². The number of methoxy groups -OCH3 is 1. The van der Waals surface area contributed by atoms with Crippen LogP contribution in [0.2, 0.25) is 5.15 Å². The summed E-state index contributed by atoms with van der Waals surface area (Å²) in [4.78, 5) is 25.9. The summed E-state index contributed by atoms with van der Waals surface area (Å²) >= 11 is 14.2. The van der Waals surface area contributed by atoms with Gasteiger partial charge in [0.25, 0.3) is 5.91 Å². The minimum absolute atomic E-state index is 0.0256. The molecule has 1 amide bonds. The van der Waals surface area contributed by atoms with Crippen LogP contribution in [-0.4, -0.2) is 33.1 Å². The number of hydrogen-bond acceptors (Lipinski definition) is 6. The monoisotopic (exact) mass is 415 g/mol. The predicted octanol–water partition coefficient (Wildman–Crippen LogP) is 2.32. The van der Waals surface area contributed by atoms with E-state index in [2.05, 4.69) is 30.9 Å². The first-order valence-corrected chi connectivity index (χ1v) is 7.78. The minimum atomic E-state index is -0.568. The van der Waals surface area contributed by atoms with Crippen molar-refractivity contribution in [3.8, 4) is 0 Å². The number of carbonyl (C=O) groups is 1. The van der Waals surface area contributed by atoms with Crippen LogP contribution in [0.1, 0.15) is 16.1 Å². The molecule has 0 aliphatic rings. The number of aromatic nitrogens is 3. The van der Waals surface area contributed by atoms with Gasteiger partial charge in [0, 0.05) is 19.5 Å². The van der Waals surface area contributed by atoms with Crippen molar-refractivity contribution in [3.05, 3.63) is 45.4 Å². The highest BCUT2D eigenvalue weighted by atomic mass is 79.9. The Morgan fingerprint density at radius 1 is 1.52 bits per heavy atom. The molecule has 0 saturated heterocycles. The van der Waals surface area contributed by atoms with Crippen LogP contribution in [0.5, 0.6) is 0 Å². The van der Waals surface area contributed by atoms with Crippen LogP contribution in [0.25, 0.3) is 0 Å². The number of carbonyl (C=O) groups excluding carboxylic acids is 1. The van der Waals surface area contributed by atoms with E-state index in [1.165, 1.54) is 25.6 Å². The van der Waals surface area contributed by atoms with Gasteiger partial charge in [-0.15, -0.1) is 0 Å². The number of anilines is 1. The third-order valence-electron chi connectivity index (χ3n) is 2.70. The van der Waals surface area contributed by atoms with Gasteiger partial charge in [-0.3, -0.25) is 4.79 Å². The van der Waals surface area contributed by atoms with Crippen molar-refractivity contribution in [2.24, 2.45) is 5.73 Å². The molecule has 0 spiro atoms. The zero-order chi connectivity index (χ0) is 17.0. The molecule has 0 fully saturated rings. The quantitative estimate of drug-likeness (QED) is 0.604. The summed E-state index contributed by atoms with van der Waals surface area (Å²) < 4.78 is 5.69. The second kappa shape index (κ2) is 7.73. The molecule has 0 aliphatic heterocycles. The van der Waals surface area contributed by atoms with Crippen molar-refractivity contribution in [3.63, 3.8) is 0 Å². The van der Waals surface area contributed by atoms with Gasteiger partial charge in [0.05, 0.1) is 22.3 Å². The highest BCUT2D eigenvalue weighted by molar-refractivity contribution is 9.10. The van der Waals surface area contributed by atoms with Gasteiger partial charge >= 0.3 is 0 Å². The summed E-state index contributed by atoms with van der Waals surface area (Å²) in [6.07, 6.45) is 2.96. The number of halogens is 2. The summed E-state index contributed by atoms with van der Waals surface area (Å²) in [6.45, 7) is 0.225. The average Bonchev–Trinajstić information content (AvgIpc) is 2.51. The number of amides is 1. The Bertz CT molecular complexity index is 761. The molecular formula is C13H11BrClN5O2S.